The fourth-order valence-electron chi connectivity index (χ4n) is 2.52. The van der Waals surface area contributed by atoms with Gasteiger partial charge in [0.25, 0.3) is 0 Å². The highest BCUT2D eigenvalue weighted by molar-refractivity contribution is 5.18. The second kappa shape index (κ2) is 7.63. The topological polar surface area (TPSA) is 24.5 Å². The molecule has 106 valence electrons. The second-order valence-electron chi connectivity index (χ2n) is 5.56. The lowest BCUT2D eigenvalue weighted by molar-refractivity contribution is -0.0180. The average Bonchev–Trinajstić information content (AvgIpc) is 2.44. The number of benzene rings is 1. The SMILES string of the molecule is C[C@H](CCNC[C@@H]1CN(C)CCO1)c1ccccc1. The van der Waals surface area contributed by atoms with Crippen LogP contribution in [0.1, 0.15) is 24.8 Å². The highest BCUT2D eigenvalue weighted by atomic mass is 16.5. The van der Waals surface area contributed by atoms with Gasteiger partial charge in [-0.1, -0.05) is 37.3 Å². The molecule has 3 heteroatoms. The van der Waals surface area contributed by atoms with Crippen LogP contribution in [0, 0.1) is 0 Å². The molecule has 1 saturated heterocycles. The van der Waals surface area contributed by atoms with E-state index in [9.17, 15) is 0 Å². The van der Waals surface area contributed by atoms with Crippen LogP contribution in [0.4, 0.5) is 0 Å². The van der Waals surface area contributed by atoms with Crippen LogP contribution in [0.5, 0.6) is 0 Å². The predicted molar refractivity (Wildman–Crippen MR) is 79.6 cm³/mol. The zero-order valence-corrected chi connectivity index (χ0v) is 12.1. The third-order valence-corrected chi connectivity index (χ3v) is 3.84. The maximum absolute atomic E-state index is 5.74. The molecular formula is C16H26N2O. The van der Waals surface area contributed by atoms with Crippen LogP contribution in [0.15, 0.2) is 30.3 Å². The second-order valence-corrected chi connectivity index (χ2v) is 5.56. The Hall–Kier alpha value is -0.900. The molecule has 0 aromatic heterocycles. The highest BCUT2D eigenvalue weighted by Gasteiger charge is 2.16. The lowest BCUT2D eigenvalue weighted by atomic mass is 9.98. The van der Waals surface area contributed by atoms with Gasteiger partial charge in [-0.25, -0.2) is 0 Å². The summed E-state index contributed by atoms with van der Waals surface area (Å²) in [5.74, 6) is 0.614. The molecule has 3 nitrogen and oxygen atoms in total. The number of hydrogen-bond acceptors (Lipinski definition) is 3. The summed E-state index contributed by atoms with van der Waals surface area (Å²) in [5.41, 5.74) is 1.43. The lowest BCUT2D eigenvalue weighted by Gasteiger charge is -2.30. The average molecular weight is 262 g/mol. The minimum atomic E-state index is 0.353. The standard InChI is InChI=1S/C16H26N2O/c1-14(15-6-4-3-5-7-15)8-9-17-12-16-13-18(2)10-11-19-16/h3-7,14,16-17H,8-13H2,1-2H3/t14-,16-/m1/s1. The molecule has 1 aromatic carbocycles. The number of rotatable bonds is 6. The largest absolute Gasteiger partial charge is 0.374 e. The van der Waals surface area contributed by atoms with E-state index in [4.69, 9.17) is 4.74 Å². The monoisotopic (exact) mass is 262 g/mol. The molecular weight excluding hydrogens is 236 g/mol. The van der Waals surface area contributed by atoms with E-state index in [2.05, 4.69) is 54.5 Å². The Bertz CT molecular complexity index is 355. The van der Waals surface area contributed by atoms with Gasteiger partial charge in [-0.3, -0.25) is 0 Å². The fraction of sp³-hybridized carbons (Fsp3) is 0.625. The maximum atomic E-state index is 5.74. The number of nitrogens with one attached hydrogen (secondary N) is 1. The summed E-state index contributed by atoms with van der Waals surface area (Å²) in [4.78, 5) is 2.34. The fourth-order valence-corrected chi connectivity index (χ4v) is 2.52. The Morgan fingerprint density at radius 3 is 2.89 bits per heavy atom. The smallest absolute Gasteiger partial charge is 0.0826 e. The number of likely N-dealkylation sites (N-methyl/N-ethyl adjacent to an activating group) is 1. The molecule has 1 aromatic rings. The molecule has 1 fully saturated rings. The lowest BCUT2D eigenvalue weighted by Crippen LogP contribution is -2.45. The Labute approximate surface area is 116 Å². The van der Waals surface area contributed by atoms with Crippen LogP contribution in [0.3, 0.4) is 0 Å². The van der Waals surface area contributed by atoms with E-state index >= 15 is 0 Å². The van der Waals surface area contributed by atoms with Crippen molar-refractivity contribution >= 4 is 0 Å². The Balaban J connectivity index is 1.61. The van der Waals surface area contributed by atoms with Crippen LogP contribution in [0.2, 0.25) is 0 Å². The Morgan fingerprint density at radius 2 is 2.16 bits per heavy atom. The molecule has 2 atom stereocenters. The van der Waals surface area contributed by atoms with E-state index < -0.39 is 0 Å². The maximum Gasteiger partial charge on any atom is 0.0826 e. The van der Waals surface area contributed by atoms with Gasteiger partial charge in [0, 0.05) is 19.6 Å². The van der Waals surface area contributed by atoms with E-state index in [1.54, 1.807) is 0 Å². The zero-order valence-electron chi connectivity index (χ0n) is 12.1. The van der Waals surface area contributed by atoms with Crippen LogP contribution in [-0.2, 0) is 4.74 Å². The third-order valence-electron chi connectivity index (χ3n) is 3.84. The first-order valence-electron chi connectivity index (χ1n) is 7.31. The van der Waals surface area contributed by atoms with Gasteiger partial charge in [0.1, 0.15) is 0 Å². The minimum Gasteiger partial charge on any atom is -0.374 e. The molecule has 2 rings (SSSR count). The summed E-state index contributed by atoms with van der Waals surface area (Å²) in [6.45, 7) is 7.28. The Morgan fingerprint density at radius 1 is 1.37 bits per heavy atom. The van der Waals surface area contributed by atoms with Crippen molar-refractivity contribution in [2.75, 3.05) is 39.8 Å². The van der Waals surface area contributed by atoms with Crippen molar-refractivity contribution in [1.29, 1.82) is 0 Å². The molecule has 1 aliphatic rings. The van der Waals surface area contributed by atoms with Crippen molar-refractivity contribution in [2.24, 2.45) is 0 Å². The van der Waals surface area contributed by atoms with Crippen molar-refractivity contribution in [2.45, 2.75) is 25.4 Å². The van der Waals surface area contributed by atoms with E-state index in [0.29, 0.717) is 12.0 Å². The summed E-state index contributed by atoms with van der Waals surface area (Å²) in [5, 5.41) is 3.52. The van der Waals surface area contributed by atoms with E-state index in [0.717, 1.165) is 32.8 Å². The Kier molecular flexibility index (Phi) is 5.83. The van der Waals surface area contributed by atoms with Gasteiger partial charge >= 0.3 is 0 Å². The first-order valence-corrected chi connectivity index (χ1v) is 7.31. The quantitative estimate of drug-likeness (QED) is 0.795. The van der Waals surface area contributed by atoms with E-state index in [-0.39, 0.29) is 0 Å². The summed E-state index contributed by atoms with van der Waals surface area (Å²) in [6, 6.07) is 10.7. The molecule has 0 radical (unpaired) electrons. The summed E-state index contributed by atoms with van der Waals surface area (Å²) < 4.78 is 5.74. The number of ether oxygens (including phenoxy) is 1. The van der Waals surface area contributed by atoms with Gasteiger partial charge in [0.2, 0.25) is 0 Å². The van der Waals surface area contributed by atoms with Crippen molar-refractivity contribution in [3.05, 3.63) is 35.9 Å². The third kappa shape index (κ3) is 4.94. The molecule has 0 amide bonds. The van der Waals surface area contributed by atoms with Gasteiger partial charge in [-0.2, -0.15) is 0 Å². The molecule has 0 spiro atoms. The molecule has 1 N–H and O–H groups in total. The van der Waals surface area contributed by atoms with Crippen LogP contribution in [0.25, 0.3) is 0 Å². The molecule has 0 aliphatic carbocycles. The van der Waals surface area contributed by atoms with Gasteiger partial charge in [0.05, 0.1) is 12.7 Å². The van der Waals surface area contributed by atoms with E-state index in [1.807, 2.05) is 0 Å². The zero-order chi connectivity index (χ0) is 13.5. The molecule has 0 saturated carbocycles. The number of hydrogen-bond donors (Lipinski definition) is 1. The molecule has 0 unspecified atom stereocenters. The van der Waals surface area contributed by atoms with Crippen molar-refractivity contribution in [3.63, 3.8) is 0 Å². The summed E-state index contributed by atoms with van der Waals surface area (Å²) in [6.07, 6.45) is 1.53. The van der Waals surface area contributed by atoms with Gasteiger partial charge in [-0.05, 0) is 31.5 Å². The van der Waals surface area contributed by atoms with Gasteiger partial charge < -0.3 is 15.0 Å². The minimum absolute atomic E-state index is 0.353. The molecule has 1 heterocycles. The van der Waals surface area contributed by atoms with E-state index in [1.165, 1.54) is 12.0 Å². The molecule has 19 heavy (non-hydrogen) atoms. The van der Waals surface area contributed by atoms with Gasteiger partial charge in [0.15, 0.2) is 0 Å². The van der Waals surface area contributed by atoms with Crippen LogP contribution in [-0.4, -0.2) is 50.8 Å². The number of morpholine rings is 1. The first kappa shape index (κ1) is 14.5. The normalized spacial score (nSPS) is 22.3. The molecule has 1 aliphatic heterocycles. The van der Waals surface area contributed by atoms with Crippen LogP contribution < -0.4 is 5.32 Å². The van der Waals surface area contributed by atoms with Crippen molar-refractivity contribution < 1.29 is 4.74 Å². The first-order chi connectivity index (χ1) is 9.25. The summed E-state index contributed by atoms with van der Waals surface area (Å²) >= 11 is 0. The predicted octanol–water partition coefficient (Wildman–Crippen LogP) is 2.10. The van der Waals surface area contributed by atoms with Crippen molar-refractivity contribution in [1.82, 2.24) is 10.2 Å². The summed E-state index contributed by atoms with van der Waals surface area (Å²) in [7, 11) is 2.16. The van der Waals surface area contributed by atoms with Crippen LogP contribution >= 0.6 is 0 Å². The van der Waals surface area contributed by atoms with Crippen molar-refractivity contribution in [3.8, 4) is 0 Å². The van der Waals surface area contributed by atoms with Gasteiger partial charge in [-0.15, -0.1) is 0 Å². The highest BCUT2D eigenvalue weighted by Crippen LogP contribution is 2.17. The number of nitrogens with zero attached hydrogens (tertiary/aromatic N) is 1. The molecule has 0 bridgehead atoms.